The Morgan fingerprint density at radius 3 is 2.54 bits per heavy atom. The van der Waals surface area contributed by atoms with Crippen molar-refractivity contribution in [1.82, 2.24) is 9.97 Å². The molecule has 3 N–H and O–H groups in total. The Balaban J connectivity index is 0.00000320. The van der Waals surface area contributed by atoms with Crippen molar-refractivity contribution < 1.29 is 14.3 Å². The summed E-state index contributed by atoms with van der Waals surface area (Å²) in [5.41, 5.74) is 3.26. The van der Waals surface area contributed by atoms with Crippen LogP contribution >= 0.6 is 47.2 Å². The molecule has 0 saturated carbocycles. The zero-order valence-electron chi connectivity index (χ0n) is 19.5. The second-order valence-corrected chi connectivity index (χ2v) is 9.74. The Bertz CT molecular complexity index is 1500. The van der Waals surface area contributed by atoms with E-state index in [1.807, 2.05) is 6.92 Å². The Kier molecular flexibility index (Phi) is 8.31. The minimum absolute atomic E-state index is 0. The number of imidazole rings is 1. The summed E-state index contributed by atoms with van der Waals surface area (Å²) in [5, 5.41) is 6.90. The van der Waals surface area contributed by atoms with E-state index in [2.05, 4.69) is 20.6 Å². The van der Waals surface area contributed by atoms with Crippen molar-refractivity contribution in [3.8, 4) is 0 Å². The molecule has 1 aliphatic heterocycles. The number of hydrogen-bond acceptors (Lipinski definition) is 4. The van der Waals surface area contributed by atoms with Gasteiger partial charge in [0, 0.05) is 28.0 Å². The van der Waals surface area contributed by atoms with E-state index in [0.29, 0.717) is 44.9 Å². The molecule has 3 aromatic carbocycles. The van der Waals surface area contributed by atoms with Gasteiger partial charge in [-0.2, -0.15) is 0 Å². The molecule has 0 radical (unpaired) electrons. The van der Waals surface area contributed by atoms with Crippen LogP contribution in [0.4, 0.5) is 11.4 Å². The number of amides is 2. The minimum atomic E-state index is -0.460. The van der Waals surface area contributed by atoms with Gasteiger partial charge in [-0.25, -0.2) is 4.98 Å². The number of rotatable bonds is 5. The number of carbonyl (C=O) groups excluding carboxylic acids is 2. The molecule has 0 spiro atoms. The fourth-order valence-corrected chi connectivity index (χ4v) is 4.68. The summed E-state index contributed by atoms with van der Waals surface area (Å²) in [7, 11) is 0. The number of H-pyrrole nitrogens is 1. The summed E-state index contributed by atoms with van der Waals surface area (Å²) in [6.07, 6.45) is 1.59. The van der Waals surface area contributed by atoms with Gasteiger partial charge in [0.05, 0.1) is 21.7 Å². The van der Waals surface area contributed by atoms with Gasteiger partial charge in [0.15, 0.2) is 0 Å². The van der Waals surface area contributed by atoms with Gasteiger partial charge in [-0.3, -0.25) is 9.59 Å². The number of nitrogens with one attached hydrogen (secondary N) is 3. The van der Waals surface area contributed by atoms with Gasteiger partial charge in [0.25, 0.3) is 11.8 Å². The lowest BCUT2D eigenvalue weighted by Crippen LogP contribution is -2.16. The molecule has 5 rings (SSSR count). The van der Waals surface area contributed by atoms with Gasteiger partial charge in [-0.15, -0.1) is 12.4 Å². The van der Waals surface area contributed by atoms with E-state index in [1.165, 1.54) is 6.07 Å². The SMILES string of the molecule is Cc1c(Cl)cccc1NC(=O)c1cc(NC(=O)c2cc(Cl)ccc2Cl)cc2[nH]c([C@H]3CCCO3)nc12.Cl. The van der Waals surface area contributed by atoms with Crippen LogP contribution in [0.2, 0.25) is 15.1 Å². The number of nitrogens with zero attached hydrogens (tertiary/aromatic N) is 1. The average molecular weight is 580 g/mol. The lowest BCUT2D eigenvalue weighted by Gasteiger charge is -2.12. The zero-order chi connectivity index (χ0) is 25.4. The van der Waals surface area contributed by atoms with E-state index in [0.717, 1.165) is 18.4 Å². The van der Waals surface area contributed by atoms with Gasteiger partial charge in [-0.1, -0.05) is 40.9 Å². The minimum Gasteiger partial charge on any atom is -0.370 e. The van der Waals surface area contributed by atoms with Gasteiger partial charge < -0.3 is 20.4 Å². The molecule has 1 saturated heterocycles. The Labute approximate surface area is 234 Å². The van der Waals surface area contributed by atoms with Crippen LogP contribution in [0.15, 0.2) is 48.5 Å². The molecule has 2 heterocycles. The topological polar surface area (TPSA) is 96.1 Å². The van der Waals surface area contributed by atoms with Crippen LogP contribution in [0.3, 0.4) is 0 Å². The summed E-state index contributed by atoms with van der Waals surface area (Å²) in [6.45, 7) is 2.48. The number of fused-ring (bicyclic) bond motifs is 1. The largest absolute Gasteiger partial charge is 0.370 e. The highest BCUT2D eigenvalue weighted by atomic mass is 35.5. The molecule has 192 valence electrons. The van der Waals surface area contributed by atoms with Crippen LogP contribution in [0.1, 0.15) is 51.0 Å². The number of hydrogen-bond donors (Lipinski definition) is 3. The summed E-state index contributed by atoms with van der Waals surface area (Å²) < 4.78 is 5.76. The average Bonchev–Trinajstić information content (AvgIpc) is 3.53. The summed E-state index contributed by atoms with van der Waals surface area (Å²) >= 11 is 18.5. The number of halogens is 4. The quantitative estimate of drug-likeness (QED) is 0.227. The number of carbonyl (C=O) groups is 2. The number of ether oxygens (including phenoxy) is 1. The third-order valence-electron chi connectivity index (χ3n) is 6.03. The summed E-state index contributed by atoms with van der Waals surface area (Å²) in [6, 6.07) is 13.2. The number of aromatic nitrogens is 2. The Hall–Kier alpha value is -2.81. The van der Waals surface area contributed by atoms with Crippen LogP contribution in [0, 0.1) is 6.92 Å². The first-order valence-corrected chi connectivity index (χ1v) is 12.4. The van der Waals surface area contributed by atoms with Crippen molar-refractivity contribution >= 4 is 81.4 Å². The van der Waals surface area contributed by atoms with E-state index < -0.39 is 11.8 Å². The van der Waals surface area contributed by atoms with Crippen molar-refractivity contribution in [2.24, 2.45) is 0 Å². The predicted molar refractivity (Wildman–Crippen MR) is 150 cm³/mol. The number of aromatic amines is 1. The molecule has 4 aromatic rings. The second-order valence-electron chi connectivity index (χ2n) is 8.49. The monoisotopic (exact) mass is 578 g/mol. The molecule has 0 aliphatic carbocycles. The summed E-state index contributed by atoms with van der Waals surface area (Å²) in [5.74, 6) is -0.220. The van der Waals surface area contributed by atoms with Crippen molar-refractivity contribution in [3.63, 3.8) is 0 Å². The molecule has 0 bridgehead atoms. The van der Waals surface area contributed by atoms with Crippen LogP contribution in [-0.4, -0.2) is 28.4 Å². The molecule has 1 aliphatic rings. The Morgan fingerprint density at radius 2 is 1.78 bits per heavy atom. The van der Waals surface area contributed by atoms with Crippen LogP contribution in [0.25, 0.3) is 11.0 Å². The smallest absolute Gasteiger partial charge is 0.258 e. The molecular formula is C26H22Cl4N4O3. The van der Waals surface area contributed by atoms with Crippen LogP contribution in [-0.2, 0) is 4.74 Å². The first-order chi connectivity index (χ1) is 17.3. The van der Waals surface area contributed by atoms with Crippen molar-refractivity contribution in [1.29, 1.82) is 0 Å². The van der Waals surface area contributed by atoms with Gasteiger partial charge >= 0.3 is 0 Å². The van der Waals surface area contributed by atoms with E-state index in [-0.39, 0.29) is 34.7 Å². The third-order valence-corrected chi connectivity index (χ3v) is 7.01. The van der Waals surface area contributed by atoms with Crippen molar-refractivity contribution in [3.05, 3.63) is 86.1 Å². The number of benzene rings is 3. The van der Waals surface area contributed by atoms with Crippen LogP contribution in [0.5, 0.6) is 0 Å². The molecule has 1 aromatic heterocycles. The molecule has 11 heteroatoms. The maximum atomic E-state index is 13.4. The molecule has 37 heavy (non-hydrogen) atoms. The van der Waals surface area contributed by atoms with Gasteiger partial charge in [-0.05, 0) is 67.8 Å². The molecule has 2 amide bonds. The van der Waals surface area contributed by atoms with Crippen molar-refractivity contribution in [2.75, 3.05) is 17.2 Å². The second kappa shape index (κ2) is 11.3. The molecule has 1 atom stereocenters. The first kappa shape index (κ1) is 27.2. The number of anilines is 2. The first-order valence-electron chi connectivity index (χ1n) is 11.3. The maximum Gasteiger partial charge on any atom is 0.258 e. The highest BCUT2D eigenvalue weighted by molar-refractivity contribution is 6.36. The van der Waals surface area contributed by atoms with Crippen LogP contribution < -0.4 is 10.6 Å². The highest BCUT2D eigenvalue weighted by Crippen LogP contribution is 2.32. The molecule has 7 nitrogen and oxygen atoms in total. The fraction of sp³-hybridized carbons (Fsp3) is 0.192. The summed E-state index contributed by atoms with van der Waals surface area (Å²) in [4.78, 5) is 34.4. The lowest BCUT2D eigenvalue weighted by atomic mass is 10.1. The molecule has 1 fully saturated rings. The predicted octanol–water partition coefficient (Wildman–Crippen LogP) is 7.61. The van der Waals surface area contributed by atoms with E-state index in [9.17, 15) is 9.59 Å². The Morgan fingerprint density at radius 1 is 1.00 bits per heavy atom. The standard InChI is InChI=1S/C26H21Cl3N4O3.ClH/c1-13-18(28)4-2-5-20(13)32-26(35)17-11-15(30-25(34)16-10-14(27)7-8-19(16)29)12-21-23(17)33-24(31-21)22-6-3-9-36-22;/h2,4-5,7-8,10-12,22H,3,6,9H2,1H3,(H,30,34)(H,31,33)(H,32,35);1H/t22-;/m1./s1. The van der Waals surface area contributed by atoms with Crippen molar-refractivity contribution in [2.45, 2.75) is 25.9 Å². The fourth-order valence-electron chi connectivity index (χ4n) is 4.13. The third kappa shape index (κ3) is 5.71. The maximum absolute atomic E-state index is 13.4. The van der Waals surface area contributed by atoms with E-state index in [4.69, 9.17) is 39.5 Å². The van der Waals surface area contributed by atoms with Gasteiger partial charge in [0.1, 0.15) is 17.4 Å². The highest BCUT2D eigenvalue weighted by Gasteiger charge is 2.24. The normalized spacial score (nSPS) is 14.9. The molecule has 0 unspecified atom stereocenters. The zero-order valence-corrected chi connectivity index (χ0v) is 22.6. The van der Waals surface area contributed by atoms with E-state index >= 15 is 0 Å². The van der Waals surface area contributed by atoms with E-state index in [1.54, 1.807) is 42.5 Å². The molecular weight excluding hydrogens is 558 g/mol. The van der Waals surface area contributed by atoms with Gasteiger partial charge in [0.2, 0.25) is 0 Å². The lowest BCUT2D eigenvalue weighted by molar-refractivity contribution is 0.101.